The molecule has 0 spiro atoms. The van der Waals surface area contributed by atoms with E-state index in [-0.39, 0.29) is 18.5 Å². The van der Waals surface area contributed by atoms with Crippen LogP contribution in [0.15, 0.2) is 42.5 Å². The van der Waals surface area contributed by atoms with Gasteiger partial charge in [-0.05, 0) is 61.2 Å². The minimum atomic E-state index is -0.815. The molecule has 3 amide bonds. The fourth-order valence-electron chi connectivity index (χ4n) is 3.51. The second-order valence-corrected chi connectivity index (χ2v) is 8.18. The lowest BCUT2D eigenvalue weighted by Crippen LogP contribution is -2.39. The first-order valence-corrected chi connectivity index (χ1v) is 9.84. The minimum absolute atomic E-state index is 0.147. The zero-order valence-corrected chi connectivity index (χ0v) is 17.9. The number of ether oxygens (including phenoxy) is 1. The Labute approximate surface area is 176 Å². The zero-order chi connectivity index (χ0) is 22.1. The summed E-state index contributed by atoms with van der Waals surface area (Å²) in [4.78, 5) is 38.3. The molecule has 2 aromatic carbocycles. The quantitative estimate of drug-likeness (QED) is 0.723. The van der Waals surface area contributed by atoms with Gasteiger partial charge in [0.15, 0.2) is 0 Å². The third-order valence-corrected chi connectivity index (χ3v) is 5.35. The van der Waals surface area contributed by atoms with E-state index in [2.05, 4.69) is 24.5 Å². The standard InChI is InChI=1S/C23H27N3O4/c1-14(2)15-6-8-16(9-7-15)24-22(29)25-17-10-11-19-18(12-17)23(3,4)21(28)26(19)13-20(27)30-5/h6-12,14H,13H2,1-5H3,(H2,24,25,29). The van der Waals surface area contributed by atoms with Crippen LogP contribution in [0.1, 0.15) is 44.7 Å². The van der Waals surface area contributed by atoms with E-state index in [0.29, 0.717) is 23.0 Å². The van der Waals surface area contributed by atoms with Gasteiger partial charge in [-0.1, -0.05) is 26.0 Å². The number of benzene rings is 2. The van der Waals surface area contributed by atoms with Crippen molar-refractivity contribution in [3.63, 3.8) is 0 Å². The Balaban J connectivity index is 1.76. The fraction of sp³-hybridized carbons (Fsp3) is 0.348. The summed E-state index contributed by atoms with van der Waals surface area (Å²) in [6.45, 7) is 7.67. The van der Waals surface area contributed by atoms with Crippen LogP contribution in [0.5, 0.6) is 0 Å². The van der Waals surface area contributed by atoms with Crippen molar-refractivity contribution in [3.05, 3.63) is 53.6 Å². The number of esters is 1. The Kier molecular flexibility index (Phi) is 5.82. The topological polar surface area (TPSA) is 87.7 Å². The molecule has 7 heteroatoms. The van der Waals surface area contributed by atoms with Gasteiger partial charge in [0.1, 0.15) is 6.54 Å². The smallest absolute Gasteiger partial charge is 0.325 e. The number of carbonyl (C=O) groups is 3. The van der Waals surface area contributed by atoms with Crippen molar-refractivity contribution in [2.75, 3.05) is 29.2 Å². The minimum Gasteiger partial charge on any atom is -0.468 e. The molecule has 0 aliphatic carbocycles. The van der Waals surface area contributed by atoms with Crippen LogP contribution in [-0.4, -0.2) is 31.6 Å². The summed E-state index contributed by atoms with van der Waals surface area (Å²) in [5, 5.41) is 5.61. The van der Waals surface area contributed by atoms with Crippen LogP contribution >= 0.6 is 0 Å². The Hall–Kier alpha value is -3.35. The largest absolute Gasteiger partial charge is 0.468 e. The highest BCUT2D eigenvalue weighted by molar-refractivity contribution is 6.10. The number of anilines is 3. The highest BCUT2D eigenvalue weighted by atomic mass is 16.5. The molecule has 7 nitrogen and oxygen atoms in total. The molecule has 30 heavy (non-hydrogen) atoms. The molecule has 1 aliphatic rings. The summed E-state index contributed by atoms with van der Waals surface area (Å²) in [5.74, 6) is -0.254. The Morgan fingerprint density at radius 2 is 1.63 bits per heavy atom. The van der Waals surface area contributed by atoms with Crippen molar-refractivity contribution in [2.24, 2.45) is 0 Å². The molecule has 2 aromatic rings. The van der Waals surface area contributed by atoms with Crippen LogP contribution in [-0.2, 0) is 19.7 Å². The molecular formula is C23H27N3O4. The van der Waals surface area contributed by atoms with E-state index in [1.54, 1.807) is 32.0 Å². The van der Waals surface area contributed by atoms with E-state index < -0.39 is 11.4 Å². The predicted octanol–water partition coefficient (Wildman–Crippen LogP) is 4.25. The number of nitrogens with one attached hydrogen (secondary N) is 2. The molecule has 1 heterocycles. The van der Waals surface area contributed by atoms with Gasteiger partial charge >= 0.3 is 12.0 Å². The van der Waals surface area contributed by atoms with Gasteiger partial charge in [0.05, 0.1) is 12.5 Å². The monoisotopic (exact) mass is 409 g/mol. The number of hydrogen-bond acceptors (Lipinski definition) is 4. The Morgan fingerprint density at radius 3 is 2.23 bits per heavy atom. The first-order valence-electron chi connectivity index (χ1n) is 9.84. The third-order valence-electron chi connectivity index (χ3n) is 5.35. The molecule has 0 fully saturated rings. The lowest BCUT2D eigenvalue weighted by atomic mass is 9.86. The molecular weight excluding hydrogens is 382 g/mol. The SMILES string of the molecule is COC(=O)CN1C(=O)C(C)(C)c2cc(NC(=O)Nc3ccc(C(C)C)cc3)ccc21. The number of hydrogen-bond donors (Lipinski definition) is 2. The van der Waals surface area contributed by atoms with Gasteiger partial charge in [-0.25, -0.2) is 4.79 Å². The highest BCUT2D eigenvalue weighted by Gasteiger charge is 2.44. The second kappa shape index (κ2) is 8.18. The van der Waals surface area contributed by atoms with Crippen molar-refractivity contribution in [2.45, 2.75) is 39.0 Å². The molecule has 0 saturated carbocycles. The molecule has 0 bridgehead atoms. The maximum atomic E-state index is 12.8. The second-order valence-electron chi connectivity index (χ2n) is 8.18. The summed E-state index contributed by atoms with van der Waals surface area (Å²) in [6.07, 6.45) is 0. The van der Waals surface area contributed by atoms with Crippen LogP contribution in [0.25, 0.3) is 0 Å². The van der Waals surface area contributed by atoms with Gasteiger partial charge in [-0.15, -0.1) is 0 Å². The van der Waals surface area contributed by atoms with E-state index in [0.717, 1.165) is 5.56 Å². The normalized spacial score (nSPS) is 14.5. The fourth-order valence-corrected chi connectivity index (χ4v) is 3.51. The number of urea groups is 1. The van der Waals surface area contributed by atoms with Crippen LogP contribution in [0.2, 0.25) is 0 Å². The van der Waals surface area contributed by atoms with E-state index >= 15 is 0 Å². The third kappa shape index (κ3) is 4.15. The van der Waals surface area contributed by atoms with E-state index in [1.165, 1.54) is 17.6 Å². The van der Waals surface area contributed by atoms with Crippen LogP contribution in [0.3, 0.4) is 0 Å². The van der Waals surface area contributed by atoms with Gasteiger partial charge in [-0.2, -0.15) is 0 Å². The van der Waals surface area contributed by atoms with E-state index in [4.69, 9.17) is 4.74 Å². The Morgan fingerprint density at radius 1 is 1.03 bits per heavy atom. The lowest BCUT2D eigenvalue weighted by molar-refractivity contribution is -0.140. The van der Waals surface area contributed by atoms with Gasteiger partial charge in [-0.3, -0.25) is 9.59 Å². The molecule has 0 atom stereocenters. The van der Waals surface area contributed by atoms with Gasteiger partial charge < -0.3 is 20.3 Å². The summed E-state index contributed by atoms with van der Waals surface area (Å²) >= 11 is 0. The first kappa shape index (κ1) is 21.4. The van der Waals surface area contributed by atoms with E-state index in [9.17, 15) is 14.4 Å². The molecule has 0 radical (unpaired) electrons. The maximum Gasteiger partial charge on any atom is 0.325 e. The number of fused-ring (bicyclic) bond motifs is 1. The number of methoxy groups -OCH3 is 1. The van der Waals surface area contributed by atoms with Crippen molar-refractivity contribution in [1.29, 1.82) is 0 Å². The summed E-state index contributed by atoms with van der Waals surface area (Å²) in [5.41, 5.74) is 3.03. The number of nitrogens with zero attached hydrogens (tertiary/aromatic N) is 1. The molecule has 0 unspecified atom stereocenters. The van der Waals surface area contributed by atoms with Crippen molar-refractivity contribution in [1.82, 2.24) is 0 Å². The van der Waals surface area contributed by atoms with Gasteiger partial charge in [0.25, 0.3) is 0 Å². The first-order chi connectivity index (χ1) is 14.1. The summed E-state index contributed by atoms with van der Waals surface area (Å²) < 4.78 is 4.70. The summed E-state index contributed by atoms with van der Waals surface area (Å²) in [6, 6.07) is 12.5. The molecule has 1 aliphatic heterocycles. The predicted molar refractivity (Wildman–Crippen MR) is 117 cm³/mol. The summed E-state index contributed by atoms with van der Waals surface area (Å²) in [7, 11) is 1.29. The average Bonchev–Trinajstić information content (AvgIpc) is 2.88. The highest BCUT2D eigenvalue weighted by Crippen LogP contribution is 2.42. The van der Waals surface area contributed by atoms with E-state index in [1.807, 2.05) is 24.3 Å². The molecule has 2 N–H and O–H groups in total. The average molecular weight is 409 g/mol. The van der Waals surface area contributed by atoms with Crippen molar-refractivity contribution >= 4 is 35.0 Å². The molecule has 158 valence electrons. The zero-order valence-electron chi connectivity index (χ0n) is 17.9. The number of rotatable bonds is 5. The molecule has 0 saturated heterocycles. The van der Waals surface area contributed by atoms with Crippen molar-refractivity contribution in [3.8, 4) is 0 Å². The maximum absolute atomic E-state index is 12.8. The van der Waals surface area contributed by atoms with Crippen molar-refractivity contribution < 1.29 is 19.1 Å². The van der Waals surface area contributed by atoms with Crippen LogP contribution in [0, 0.1) is 0 Å². The van der Waals surface area contributed by atoms with Crippen LogP contribution in [0.4, 0.5) is 21.9 Å². The van der Waals surface area contributed by atoms with Gasteiger partial charge in [0.2, 0.25) is 5.91 Å². The lowest BCUT2D eigenvalue weighted by Gasteiger charge is -2.19. The van der Waals surface area contributed by atoms with Gasteiger partial charge in [0, 0.05) is 17.1 Å². The van der Waals surface area contributed by atoms with Crippen LogP contribution < -0.4 is 15.5 Å². The Bertz CT molecular complexity index is 980. The molecule has 0 aromatic heterocycles. The number of carbonyl (C=O) groups excluding carboxylic acids is 3. The number of amides is 3. The molecule has 3 rings (SSSR count).